The van der Waals surface area contributed by atoms with Crippen LogP contribution >= 0.6 is 23.2 Å². The second kappa shape index (κ2) is 5.53. The SMILES string of the molecule is CC(=CCl)CN1CC(CCl)OC(C)(C)C1. The van der Waals surface area contributed by atoms with E-state index in [1.54, 1.807) is 5.54 Å². The maximum Gasteiger partial charge on any atom is 0.0845 e. The second-order valence-electron chi connectivity index (χ2n) is 4.78. The molecule has 0 aromatic rings. The predicted octanol–water partition coefficient (Wildman–Crippen LogP) is 2.85. The van der Waals surface area contributed by atoms with Crippen molar-refractivity contribution in [1.29, 1.82) is 0 Å². The minimum Gasteiger partial charge on any atom is -0.368 e. The average molecular weight is 252 g/mol. The summed E-state index contributed by atoms with van der Waals surface area (Å²) < 4.78 is 5.84. The third-order valence-electron chi connectivity index (χ3n) is 2.38. The maximum absolute atomic E-state index is 5.85. The number of hydrogen-bond donors (Lipinski definition) is 0. The molecule has 1 fully saturated rings. The van der Waals surface area contributed by atoms with E-state index < -0.39 is 0 Å². The van der Waals surface area contributed by atoms with Gasteiger partial charge < -0.3 is 4.74 Å². The van der Waals surface area contributed by atoms with E-state index in [1.807, 2.05) is 6.92 Å². The monoisotopic (exact) mass is 251 g/mol. The van der Waals surface area contributed by atoms with E-state index in [1.165, 1.54) is 5.57 Å². The van der Waals surface area contributed by atoms with E-state index in [-0.39, 0.29) is 11.7 Å². The normalized spacial score (nSPS) is 28.1. The van der Waals surface area contributed by atoms with Gasteiger partial charge in [0, 0.05) is 31.0 Å². The van der Waals surface area contributed by atoms with Crippen LogP contribution in [0.2, 0.25) is 0 Å². The standard InChI is InChI=1S/C11H19Cl2NO/c1-9(4-12)6-14-7-10(5-13)15-11(2,3)8-14/h4,10H,5-8H2,1-3H3. The lowest BCUT2D eigenvalue weighted by molar-refractivity contribution is -0.125. The van der Waals surface area contributed by atoms with E-state index in [0.717, 1.165) is 19.6 Å². The zero-order valence-corrected chi connectivity index (χ0v) is 11.1. The topological polar surface area (TPSA) is 12.5 Å². The fraction of sp³-hybridized carbons (Fsp3) is 0.818. The molecular weight excluding hydrogens is 233 g/mol. The Kier molecular flexibility index (Phi) is 4.91. The van der Waals surface area contributed by atoms with Crippen LogP contribution in [0.25, 0.3) is 0 Å². The van der Waals surface area contributed by atoms with Gasteiger partial charge in [0.1, 0.15) is 0 Å². The minimum absolute atomic E-state index is 0.121. The van der Waals surface area contributed by atoms with Gasteiger partial charge in [0.2, 0.25) is 0 Å². The summed E-state index contributed by atoms with van der Waals surface area (Å²) in [6.45, 7) is 8.92. The summed E-state index contributed by atoms with van der Waals surface area (Å²) >= 11 is 11.5. The maximum atomic E-state index is 5.85. The molecule has 0 aliphatic carbocycles. The predicted molar refractivity (Wildman–Crippen MR) is 65.7 cm³/mol. The van der Waals surface area contributed by atoms with Crippen molar-refractivity contribution in [1.82, 2.24) is 4.90 Å². The Balaban J connectivity index is 2.58. The Bertz CT molecular complexity index is 241. The summed E-state index contributed by atoms with van der Waals surface area (Å²) in [5.41, 5.74) is 2.69. The lowest BCUT2D eigenvalue weighted by atomic mass is 10.1. The van der Waals surface area contributed by atoms with Crippen LogP contribution < -0.4 is 0 Å². The first-order valence-electron chi connectivity index (χ1n) is 5.19. The van der Waals surface area contributed by atoms with Crippen LogP contribution in [0.4, 0.5) is 0 Å². The first-order chi connectivity index (χ1) is 6.96. The molecule has 0 amide bonds. The quantitative estimate of drug-likeness (QED) is 0.716. The molecule has 4 heteroatoms. The molecule has 0 spiro atoms. The van der Waals surface area contributed by atoms with Gasteiger partial charge in [-0.1, -0.05) is 11.6 Å². The number of rotatable bonds is 3. The molecule has 1 atom stereocenters. The van der Waals surface area contributed by atoms with Crippen LogP contribution in [0.15, 0.2) is 11.1 Å². The van der Waals surface area contributed by atoms with Crippen molar-refractivity contribution >= 4 is 23.2 Å². The van der Waals surface area contributed by atoms with Gasteiger partial charge in [-0.3, -0.25) is 4.90 Å². The molecule has 0 aromatic carbocycles. The molecule has 88 valence electrons. The molecule has 15 heavy (non-hydrogen) atoms. The van der Waals surface area contributed by atoms with Crippen LogP contribution in [-0.2, 0) is 4.74 Å². The zero-order chi connectivity index (χ0) is 11.5. The van der Waals surface area contributed by atoms with Gasteiger partial charge >= 0.3 is 0 Å². The molecule has 0 aromatic heterocycles. The van der Waals surface area contributed by atoms with E-state index in [2.05, 4.69) is 18.7 Å². The van der Waals surface area contributed by atoms with E-state index in [0.29, 0.717) is 5.88 Å². The van der Waals surface area contributed by atoms with Gasteiger partial charge in [-0.05, 0) is 26.3 Å². The molecule has 1 aliphatic rings. The van der Waals surface area contributed by atoms with E-state index in [9.17, 15) is 0 Å². The van der Waals surface area contributed by atoms with Crippen molar-refractivity contribution in [3.63, 3.8) is 0 Å². The van der Waals surface area contributed by atoms with Crippen molar-refractivity contribution in [2.75, 3.05) is 25.5 Å². The van der Waals surface area contributed by atoms with Crippen molar-refractivity contribution in [2.45, 2.75) is 32.5 Å². The van der Waals surface area contributed by atoms with Gasteiger partial charge in [-0.25, -0.2) is 0 Å². The molecule has 1 saturated heterocycles. The lowest BCUT2D eigenvalue weighted by Crippen LogP contribution is -2.53. The Hall–Kier alpha value is 0.240. The molecule has 1 aliphatic heterocycles. The number of ether oxygens (including phenoxy) is 1. The van der Waals surface area contributed by atoms with Crippen molar-refractivity contribution in [3.8, 4) is 0 Å². The molecule has 1 rings (SSSR count). The highest BCUT2D eigenvalue weighted by Gasteiger charge is 2.32. The highest BCUT2D eigenvalue weighted by Crippen LogP contribution is 2.22. The minimum atomic E-state index is -0.121. The third kappa shape index (κ3) is 4.31. The summed E-state index contributed by atoms with van der Waals surface area (Å²) in [5.74, 6) is 0.545. The fourth-order valence-electron chi connectivity index (χ4n) is 2.00. The van der Waals surface area contributed by atoms with E-state index >= 15 is 0 Å². The molecule has 1 unspecified atom stereocenters. The molecule has 0 N–H and O–H groups in total. The van der Waals surface area contributed by atoms with Crippen molar-refractivity contribution in [3.05, 3.63) is 11.1 Å². The zero-order valence-electron chi connectivity index (χ0n) is 9.59. The fourth-order valence-corrected chi connectivity index (χ4v) is 2.23. The summed E-state index contributed by atoms with van der Waals surface area (Å²) in [4.78, 5) is 2.34. The highest BCUT2D eigenvalue weighted by atomic mass is 35.5. The largest absolute Gasteiger partial charge is 0.368 e. The number of alkyl halides is 1. The van der Waals surface area contributed by atoms with Gasteiger partial charge in [0.05, 0.1) is 11.7 Å². The molecule has 0 bridgehead atoms. The number of halogens is 2. The second-order valence-corrected chi connectivity index (χ2v) is 5.31. The van der Waals surface area contributed by atoms with E-state index in [4.69, 9.17) is 27.9 Å². The first-order valence-corrected chi connectivity index (χ1v) is 6.16. The van der Waals surface area contributed by atoms with Gasteiger partial charge in [-0.15, -0.1) is 11.6 Å². The average Bonchev–Trinajstić information content (AvgIpc) is 2.15. The summed E-state index contributed by atoms with van der Waals surface area (Å²) in [6, 6.07) is 0. The lowest BCUT2D eigenvalue weighted by Gasteiger charge is -2.42. The van der Waals surface area contributed by atoms with Gasteiger partial charge in [-0.2, -0.15) is 0 Å². The Morgan fingerprint density at radius 3 is 2.80 bits per heavy atom. The smallest absolute Gasteiger partial charge is 0.0845 e. The van der Waals surface area contributed by atoms with Crippen molar-refractivity contribution in [2.24, 2.45) is 0 Å². The number of nitrogens with zero attached hydrogens (tertiary/aromatic N) is 1. The Morgan fingerprint density at radius 2 is 2.27 bits per heavy atom. The van der Waals surface area contributed by atoms with Crippen LogP contribution in [0, 0.1) is 0 Å². The van der Waals surface area contributed by atoms with Crippen molar-refractivity contribution < 1.29 is 4.74 Å². The summed E-state index contributed by atoms with van der Waals surface area (Å²) in [7, 11) is 0. The summed E-state index contributed by atoms with van der Waals surface area (Å²) in [6.07, 6.45) is 0.124. The molecule has 0 radical (unpaired) electrons. The Labute approximate surface area is 102 Å². The molecule has 1 heterocycles. The number of morpholine rings is 1. The van der Waals surface area contributed by atoms with Crippen LogP contribution in [-0.4, -0.2) is 42.1 Å². The third-order valence-corrected chi connectivity index (χ3v) is 3.10. The van der Waals surface area contributed by atoms with Crippen LogP contribution in [0.1, 0.15) is 20.8 Å². The molecule has 2 nitrogen and oxygen atoms in total. The van der Waals surface area contributed by atoms with Crippen LogP contribution in [0.5, 0.6) is 0 Å². The summed E-state index contributed by atoms with van der Waals surface area (Å²) in [5, 5.41) is 0. The highest BCUT2D eigenvalue weighted by molar-refractivity contribution is 6.25. The Morgan fingerprint density at radius 1 is 1.60 bits per heavy atom. The molecule has 0 saturated carbocycles. The number of hydrogen-bond acceptors (Lipinski definition) is 2. The van der Waals surface area contributed by atoms with Crippen LogP contribution in [0.3, 0.4) is 0 Å². The molecular formula is C11H19Cl2NO. The van der Waals surface area contributed by atoms with Gasteiger partial charge in [0.15, 0.2) is 0 Å². The van der Waals surface area contributed by atoms with Gasteiger partial charge in [0.25, 0.3) is 0 Å². The first kappa shape index (κ1) is 13.3.